The van der Waals surface area contributed by atoms with Crippen LogP contribution in [0.1, 0.15) is 35.3 Å². The van der Waals surface area contributed by atoms with Crippen LogP contribution < -0.4 is 10.2 Å². The predicted octanol–water partition coefficient (Wildman–Crippen LogP) is 2.84. The molecule has 0 bridgehead atoms. The van der Waals surface area contributed by atoms with E-state index in [1.165, 1.54) is 11.8 Å². The fraction of sp³-hybridized carbons (Fsp3) is 0.286. The zero-order valence-electron chi connectivity index (χ0n) is 15.8. The molecular formula is C21H24N2O4. The van der Waals surface area contributed by atoms with Gasteiger partial charge in [-0.15, -0.1) is 0 Å². The first-order chi connectivity index (χ1) is 12.9. The molecule has 0 aliphatic carbocycles. The highest BCUT2D eigenvalue weighted by molar-refractivity contribution is 6.04. The van der Waals surface area contributed by atoms with Crippen LogP contribution in [0.15, 0.2) is 48.5 Å². The highest BCUT2D eigenvalue weighted by atomic mass is 16.5. The molecule has 2 aromatic rings. The minimum atomic E-state index is -0.528. The van der Waals surface area contributed by atoms with Gasteiger partial charge in [-0.3, -0.25) is 9.59 Å². The van der Waals surface area contributed by atoms with Gasteiger partial charge in [0.05, 0.1) is 17.9 Å². The lowest BCUT2D eigenvalue weighted by Gasteiger charge is -2.23. The molecule has 0 aliphatic heterocycles. The number of amides is 2. The first-order valence-electron chi connectivity index (χ1n) is 8.79. The SMILES string of the molecule is CCOC(=O)c1ccccc1N(CC(=O)NCc1cccc(C)c1)C(C)=O. The molecule has 0 unspecified atom stereocenters. The van der Waals surface area contributed by atoms with E-state index in [2.05, 4.69) is 5.32 Å². The number of nitrogens with one attached hydrogen (secondary N) is 1. The summed E-state index contributed by atoms with van der Waals surface area (Å²) in [6.07, 6.45) is 0. The Kier molecular flexibility index (Phi) is 7.11. The van der Waals surface area contributed by atoms with Crippen LogP contribution in [0.5, 0.6) is 0 Å². The van der Waals surface area contributed by atoms with Gasteiger partial charge in [-0.2, -0.15) is 0 Å². The number of hydrogen-bond donors (Lipinski definition) is 1. The molecule has 6 nitrogen and oxygen atoms in total. The Balaban J connectivity index is 2.13. The van der Waals surface area contributed by atoms with Crippen LogP contribution in [0.25, 0.3) is 0 Å². The van der Waals surface area contributed by atoms with Gasteiger partial charge in [-0.25, -0.2) is 4.79 Å². The van der Waals surface area contributed by atoms with Gasteiger partial charge >= 0.3 is 5.97 Å². The summed E-state index contributed by atoms with van der Waals surface area (Å²) in [5.74, 6) is -1.18. The van der Waals surface area contributed by atoms with E-state index in [4.69, 9.17) is 4.74 Å². The fourth-order valence-electron chi connectivity index (χ4n) is 2.68. The second-order valence-electron chi connectivity index (χ2n) is 6.11. The van der Waals surface area contributed by atoms with Gasteiger partial charge in [0.1, 0.15) is 6.54 Å². The van der Waals surface area contributed by atoms with Crippen LogP contribution >= 0.6 is 0 Å². The van der Waals surface area contributed by atoms with E-state index in [1.54, 1.807) is 31.2 Å². The maximum absolute atomic E-state index is 12.4. The number of anilines is 1. The molecule has 6 heteroatoms. The number of nitrogens with zero attached hydrogens (tertiary/aromatic N) is 1. The monoisotopic (exact) mass is 368 g/mol. The average molecular weight is 368 g/mol. The first kappa shape index (κ1) is 20.2. The van der Waals surface area contributed by atoms with Gasteiger partial charge < -0.3 is 15.0 Å². The lowest BCUT2D eigenvalue weighted by molar-refractivity contribution is -0.123. The number of carbonyl (C=O) groups excluding carboxylic acids is 3. The normalized spacial score (nSPS) is 10.2. The number of benzene rings is 2. The minimum Gasteiger partial charge on any atom is -0.462 e. The van der Waals surface area contributed by atoms with Crippen molar-refractivity contribution in [1.82, 2.24) is 5.32 Å². The van der Waals surface area contributed by atoms with Crippen molar-refractivity contribution in [1.29, 1.82) is 0 Å². The lowest BCUT2D eigenvalue weighted by Crippen LogP contribution is -2.40. The van der Waals surface area contributed by atoms with Gasteiger partial charge in [0.2, 0.25) is 11.8 Å². The molecule has 0 fully saturated rings. The van der Waals surface area contributed by atoms with Gasteiger partial charge in [-0.05, 0) is 31.5 Å². The van der Waals surface area contributed by atoms with E-state index in [9.17, 15) is 14.4 Å². The van der Waals surface area contributed by atoms with Crippen LogP contribution in [-0.2, 0) is 20.9 Å². The standard InChI is InChI=1S/C21H24N2O4/c1-4-27-21(26)18-10-5-6-11-19(18)23(16(3)24)14-20(25)22-13-17-9-7-8-15(2)12-17/h5-12H,4,13-14H2,1-3H3,(H,22,25). The van der Waals surface area contributed by atoms with Crippen molar-refractivity contribution < 1.29 is 19.1 Å². The molecule has 0 aliphatic rings. The van der Waals surface area contributed by atoms with E-state index in [0.717, 1.165) is 11.1 Å². The van der Waals surface area contributed by atoms with Crippen LogP contribution in [0.4, 0.5) is 5.69 Å². The molecule has 2 amide bonds. The highest BCUT2D eigenvalue weighted by Crippen LogP contribution is 2.21. The maximum Gasteiger partial charge on any atom is 0.340 e. The Morgan fingerprint density at radius 2 is 1.81 bits per heavy atom. The minimum absolute atomic E-state index is 0.183. The number of rotatable bonds is 7. The van der Waals surface area contributed by atoms with Crippen LogP contribution in [0, 0.1) is 6.92 Å². The number of hydrogen-bond acceptors (Lipinski definition) is 4. The zero-order valence-corrected chi connectivity index (χ0v) is 15.8. The lowest BCUT2D eigenvalue weighted by atomic mass is 10.1. The molecule has 142 valence electrons. The van der Waals surface area contributed by atoms with E-state index >= 15 is 0 Å². The Bertz CT molecular complexity index is 832. The smallest absolute Gasteiger partial charge is 0.340 e. The Morgan fingerprint density at radius 1 is 1.07 bits per heavy atom. The van der Waals surface area contributed by atoms with Gasteiger partial charge in [0.15, 0.2) is 0 Å². The molecule has 27 heavy (non-hydrogen) atoms. The summed E-state index contributed by atoms with van der Waals surface area (Å²) in [7, 11) is 0. The third-order valence-electron chi connectivity index (χ3n) is 3.94. The van der Waals surface area contributed by atoms with Crippen molar-refractivity contribution in [3.8, 4) is 0 Å². The van der Waals surface area contributed by atoms with Gasteiger partial charge in [0.25, 0.3) is 0 Å². The molecule has 0 saturated carbocycles. The summed E-state index contributed by atoms with van der Waals surface area (Å²) < 4.78 is 5.04. The zero-order chi connectivity index (χ0) is 19.8. The van der Waals surface area contributed by atoms with E-state index in [0.29, 0.717) is 12.2 Å². The van der Waals surface area contributed by atoms with Gasteiger partial charge in [-0.1, -0.05) is 42.0 Å². The van der Waals surface area contributed by atoms with Crippen molar-refractivity contribution in [2.75, 3.05) is 18.1 Å². The van der Waals surface area contributed by atoms with E-state index in [1.807, 2.05) is 31.2 Å². The van der Waals surface area contributed by atoms with Crippen LogP contribution in [-0.4, -0.2) is 30.9 Å². The van der Waals surface area contributed by atoms with Gasteiger partial charge in [0, 0.05) is 13.5 Å². The molecule has 0 radical (unpaired) electrons. The summed E-state index contributed by atoms with van der Waals surface area (Å²) in [4.78, 5) is 37.9. The molecule has 0 saturated heterocycles. The molecule has 0 spiro atoms. The number of aryl methyl sites for hydroxylation is 1. The molecule has 0 heterocycles. The molecule has 0 atom stereocenters. The first-order valence-corrected chi connectivity index (χ1v) is 8.79. The van der Waals surface area contributed by atoms with E-state index < -0.39 is 5.97 Å². The number of para-hydroxylation sites is 1. The second-order valence-corrected chi connectivity index (χ2v) is 6.11. The average Bonchev–Trinajstić information content (AvgIpc) is 2.64. The third-order valence-corrected chi connectivity index (χ3v) is 3.94. The molecule has 1 N–H and O–H groups in total. The van der Waals surface area contributed by atoms with Crippen LogP contribution in [0.3, 0.4) is 0 Å². The van der Waals surface area contributed by atoms with Crippen molar-refractivity contribution in [2.24, 2.45) is 0 Å². The summed E-state index contributed by atoms with van der Waals surface area (Å²) in [6, 6.07) is 14.4. The molecular weight excluding hydrogens is 344 g/mol. The summed E-state index contributed by atoms with van der Waals surface area (Å²) in [5.41, 5.74) is 2.69. The fourth-order valence-corrected chi connectivity index (χ4v) is 2.68. The second kappa shape index (κ2) is 9.52. The number of ether oxygens (including phenoxy) is 1. The Hall–Kier alpha value is -3.15. The quantitative estimate of drug-likeness (QED) is 0.763. The highest BCUT2D eigenvalue weighted by Gasteiger charge is 2.22. The maximum atomic E-state index is 12.4. The largest absolute Gasteiger partial charge is 0.462 e. The summed E-state index contributed by atoms with van der Waals surface area (Å²) in [5, 5.41) is 2.81. The van der Waals surface area contributed by atoms with Crippen molar-refractivity contribution >= 4 is 23.5 Å². The molecule has 2 rings (SSSR count). The van der Waals surface area contributed by atoms with Crippen molar-refractivity contribution in [3.63, 3.8) is 0 Å². The molecule has 2 aromatic carbocycles. The van der Waals surface area contributed by atoms with Crippen molar-refractivity contribution in [3.05, 3.63) is 65.2 Å². The predicted molar refractivity (Wildman–Crippen MR) is 103 cm³/mol. The molecule has 0 aromatic heterocycles. The number of carbonyl (C=O) groups is 3. The topological polar surface area (TPSA) is 75.7 Å². The van der Waals surface area contributed by atoms with E-state index in [-0.39, 0.29) is 30.5 Å². The third kappa shape index (κ3) is 5.67. The summed E-state index contributed by atoms with van der Waals surface area (Å²) >= 11 is 0. The Labute approximate surface area is 159 Å². The van der Waals surface area contributed by atoms with Crippen LogP contribution in [0.2, 0.25) is 0 Å². The Morgan fingerprint density at radius 3 is 2.48 bits per heavy atom. The van der Waals surface area contributed by atoms with Crippen molar-refractivity contribution in [2.45, 2.75) is 27.3 Å². The summed E-state index contributed by atoms with van der Waals surface area (Å²) in [6.45, 7) is 5.46. The number of esters is 1.